The normalized spacial score (nSPS) is 11.8. The number of aromatic nitrogens is 2. The van der Waals surface area contributed by atoms with Crippen LogP contribution in [0.2, 0.25) is 0 Å². The molecule has 8 heteroatoms. The summed E-state index contributed by atoms with van der Waals surface area (Å²) in [6.07, 6.45) is -1.37. The fourth-order valence-corrected chi connectivity index (χ4v) is 2.98. The summed E-state index contributed by atoms with van der Waals surface area (Å²) in [4.78, 5) is 7.87. The molecule has 1 N–H and O–H groups in total. The molecule has 2 aromatic heterocycles. The Morgan fingerprint density at radius 2 is 2.10 bits per heavy atom. The van der Waals surface area contributed by atoms with E-state index in [2.05, 4.69) is 31.2 Å². The number of hydrogen-bond acceptors (Lipinski definition) is 4. The van der Waals surface area contributed by atoms with Crippen molar-refractivity contribution in [1.82, 2.24) is 15.3 Å². The van der Waals surface area contributed by atoms with Gasteiger partial charge in [-0.2, -0.15) is 13.2 Å². The Balaban J connectivity index is 2.43. The fraction of sp³-hybridized carbons (Fsp3) is 0.333. The van der Waals surface area contributed by atoms with Crippen LogP contribution in [0.3, 0.4) is 0 Å². The highest BCUT2D eigenvalue weighted by atomic mass is 79.9. The highest BCUT2D eigenvalue weighted by molar-refractivity contribution is 9.10. The smallest absolute Gasteiger partial charge is 0.312 e. The highest BCUT2D eigenvalue weighted by Crippen LogP contribution is 2.37. The van der Waals surface area contributed by atoms with Crippen LogP contribution in [0.4, 0.5) is 13.2 Å². The van der Waals surface area contributed by atoms with Crippen molar-refractivity contribution in [2.45, 2.75) is 19.6 Å². The van der Waals surface area contributed by atoms with Crippen molar-refractivity contribution in [2.24, 2.45) is 0 Å². The molecule has 2 heterocycles. The second-order valence-electron chi connectivity index (χ2n) is 3.96. The van der Waals surface area contributed by atoms with E-state index in [-0.39, 0.29) is 11.4 Å². The first-order chi connectivity index (χ1) is 9.41. The largest absolute Gasteiger partial charge is 0.434 e. The summed E-state index contributed by atoms with van der Waals surface area (Å²) in [7, 11) is 0. The summed E-state index contributed by atoms with van der Waals surface area (Å²) in [5, 5.41) is 3.22. The van der Waals surface area contributed by atoms with Crippen molar-refractivity contribution in [2.75, 3.05) is 6.54 Å². The lowest BCUT2D eigenvalue weighted by atomic mass is 10.3. The van der Waals surface area contributed by atoms with Crippen LogP contribution in [-0.4, -0.2) is 16.5 Å². The first kappa shape index (κ1) is 15.4. The number of pyridine rings is 1. The molecule has 0 fully saturated rings. The number of nitrogens with zero attached hydrogens (tertiary/aromatic N) is 2. The molecule has 0 bridgehead atoms. The van der Waals surface area contributed by atoms with E-state index in [4.69, 9.17) is 0 Å². The molecule has 108 valence electrons. The van der Waals surface area contributed by atoms with Gasteiger partial charge in [0.15, 0.2) is 5.69 Å². The van der Waals surface area contributed by atoms with E-state index in [1.54, 1.807) is 12.3 Å². The van der Waals surface area contributed by atoms with Gasteiger partial charge in [0.2, 0.25) is 0 Å². The third-order valence-corrected chi connectivity index (χ3v) is 3.99. The third kappa shape index (κ3) is 3.56. The summed E-state index contributed by atoms with van der Waals surface area (Å²) >= 11 is 4.28. The topological polar surface area (TPSA) is 37.8 Å². The first-order valence-electron chi connectivity index (χ1n) is 5.80. The van der Waals surface area contributed by atoms with Gasteiger partial charge in [-0.05, 0) is 28.5 Å². The number of thiazole rings is 1. The first-order valence-corrected chi connectivity index (χ1v) is 7.41. The second kappa shape index (κ2) is 6.19. The van der Waals surface area contributed by atoms with Gasteiger partial charge in [0.1, 0.15) is 5.01 Å². The van der Waals surface area contributed by atoms with Gasteiger partial charge in [0.25, 0.3) is 0 Å². The zero-order valence-corrected chi connectivity index (χ0v) is 12.9. The molecular formula is C12H11BrF3N3S. The molecule has 0 aromatic carbocycles. The molecule has 0 atom stereocenters. The molecule has 0 saturated heterocycles. The molecule has 0 amide bonds. The van der Waals surface area contributed by atoms with E-state index >= 15 is 0 Å². The van der Waals surface area contributed by atoms with Gasteiger partial charge in [-0.15, -0.1) is 11.3 Å². The van der Waals surface area contributed by atoms with E-state index in [0.717, 1.165) is 11.3 Å². The summed E-state index contributed by atoms with van der Waals surface area (Å²) in [5.74, 6) is 0. The maximum absolute atomic E-state index is 13.0. The zero-order valence-electron chi connectivity index (χ0n) is 10.5. The quantitative estimate of drug-likeness (QED) is 0.886. The van der Waals surface area contributed by atoms with E-state index in [9.17, 15) is 13.2 Å². The molecule has 20 heavy (non-hydrogen) atoms. The fourth-order valence-electron chi connectivity index (χ4n) is 1.58. The molecule has 0 aliphatic carbocycles. The van der Waals surface area contributed by atoms with E-state index in [0.29, 0.717) is 21.6 Å². The van der Waals surface area contributed by atoms with Gasteiger partial charge >= 0.3 is 6.18 Å². The summed E-state index contributed by atoms with van der Waals surface area (Å²) in [5.41, 5.74) is -0.254. The summed E-state index contributed by atoms with van der Waals surface area (Å²) in [6, 6.07) is 1.70. The predicted octanol–water partition coefficient (Wildman–Crippen LogP) is 4.10. The molecule has 0 spiro atoms. The Hall–Kier alpha value is -0.990. The van der Waals surface area contributed by atoms with Crippen LogP contribution in [-0.2, 0) is 12.7 Å². The van der Waals surface area contributed by atoms with Crippen LogP contribution in [0.1, 0.15) is 17.5 Å². The molecule has 3 nitrogen and oxygen atoms in total. The standard InChI is InChI=1S/C12H11BrF3N3S/c1-2-17-6-9-10(12(14,15)16)19-11(20-9)7-3-8(13)5-18-4-7/h3-5,17H,2,6H2,1H3. The average Bonchev–Trinajstić information content (AvgIpc) is 2.80. The number of nitrogens with one attached hydrogen (secondary N) is 1. The van der Waals surface area contributed by atoms with Crippen LogP contribution in [0.5, 0.6) is 0 Å². The van der Waals surface area contributed by atoms with Crippen LogP contribution in [0.15, 0.2) is 22.9 Å². The van der Waals surface area contributed by atoms with Crippen LogP contribution >= 0.6 is 27.3 Å². The number of alkyl halides is 3. The van der Waals surface area contributed by atoms with Crippen molar-refractivity contribution in [3.05, 3.63) is 33.5 Å². The molecule has 0 saturated carbocycles. The monoisotopic (exact) mass is 365 g/mol. The van der Waals surface area contributed by atoms with Crippen molar-refractivity contribution >= 4 is 27.3 Å². The Morgan fingerprint density at radius 3 is 2.70 bits per heavy atom. The summed E-state index contributed by atoms with van der Waals surface area (Å²) < 4.78 is 39.6. The number of hydrogen-bond donors (Lipinski definition) is 1. The maximum Gasteiger partial charge on any atom is 0.434 e. The van der Waals surface area contributed by atoms with Crippen LogP contribution < -0.4 is 5.32 Å². The Labute approximate surface area is 126 Å². The molecule has 0 unspecified atom stereocenters. The Morgan fingerprint density at radius 1 is 1.35 bits per heavy atom. The van der Waals surface area contributed by atoms with E-state index in [1.807, 2.05) is 6.92 Å². The van der Waals surface area contributed by atoms with Gasteiger partial charge in [-0.3, -0.25) is 4.98 Å². The van der Waals surface area contributed by atoms with Crippen LogP contribution in [0, 0.1) is 0 Å². The van der Waals surface area contributed by atoms with Gasteiger partial charge in [-0.25, -0.2) is 4.98 Å². The third-order valence-electron chi connectivity index (χ3n) is 2.45. The Kier molecular flexibility index (Phi) is 4.77. The predicted molar refractivity (Wildman–Crippen MR) is 75.4 cm³/mol. The lowest BCUT2D eigenvalue weighted by Gasteiger charge is -2.05. The van der Waals surface area contributed by atoms with Crippen molar-refractivity contribution in [3.63, 3.8) is 0 Å². The highest BCUT2D eigenvalue weighted by Gasteiger charge is 2.37. The SMILES string of the molecule is CCNCc1sc(-c2cncc(Br)c2)nc1C(F)(F)F. The van der Waals surface area contributed by atoms with E-state index < -0.39 is 11.9 Å². The maximum atomic E-state index is 13.0. The number of halogens is 4. The molecule has 2 rings (SSSR count). The minimum absolute atomic E-state index is 0.157. The molecule has 2 aromatic rings. The van der Waals surface area contributed by atoms with Gasteiger partial charge in [0, 0.05) is 29.0 Å². The number of rotatable bonds is 4. The Bertz CT molecular complexity index is 598. The molecular weight excluding hydrogens is 355 g/mol. The van der Waals surface area contributed by atoms with Gasteiger partial charge < -0.3 is 5.32 Å². The summed E-state index contributed by atoms with van der Waals surface area (Å²) in [6.45, 7) is 2.60. The second-order valence-corrected chi connectivity index (χ2v) is 5.96. The molecule has 0 aliphatic rings. The zero-order chi connectivity index (χ0) is 14.8. The minimum Gasteiger partial charge on any atom is -0.312 e. The van der Waals surface area contributed by atoms with Crippen molar-refractivity contribution in [1.29, 1.82) is 0 Å². The lowest BCUT2D eigenvalue weighted by Crippen LogP contribution is -2.15. The van der Waals surface area contributed by atoms with Crippen molar-refractivity contribution in [3.8, 4) is 10.6 Å². The van der Waals surface area contributed by atoms with Crippen LogP contribution in [0.25, 0.3) is 10.6 Å². The molecule has 0 radical (unpaired) electrons. The average molecular weight is 366 g/mol. The molecule has 0 aliphatic heterocycles. The van der Waals surface area contributed by atoms with Gasteiger partial charge in [0.05, 0.1) is 4.88 Å². The minimum atomic E-state index is -4.45. The van der Waals surface area contributed by atoms with Gasteiger partial charge in [-0.1, -0.05) is 6.92 Å². The van der Waals surface area contributed by atoms with Crippen molar-refractivity contribution < 1.29 is 13.2 Å². The lowest BCUT2D eigenvalue weighted by molar-refractivity contribution is -0.141. The van der Waals surface area contributed by atoms with E-state index in [1.165, 1.54) is 6.20 Å².